The average molecular weight is 295 g/mol. The van der Waals surface area contributed by atoms with Crippen molar-refractivity contribution in [1.82, 2.24) is 0 Å². The quantitative estimate of drug-likeness (QED) is 0.804. The highest BCUT2D eigenvalue weighted by molar-refractivity contribution is 6.30. The number of esters is 1. The van der Waals surface area contributed by atoms with Crippen LogP contribution in [-0.4, -0.2) is 13.1 Å². The molecule has 3 nitrogen and oxygen atoms in total. The van der Waals surface area contributed by atoms with Crippen molar-refractivity contribution >= 4 is 17.6 Å². The molecule has 0 heterocycles. The molecule has 2 rings (SSSR count). The summed E-state index contributed by atoms with van der Waals surface area (Å²) in [4.78, 5) is 11.8. The number of carbonyl (C=O) groups is 1. The van der Waals surface area contributed by atoms with Gasteiger partial charge in [0.05, 0.1) is 12.7 Å². The van der Waals surface area contributed by atoms with Gasteiger partial charge in [0.1, 0.15) is 18.2 Å². The van der Waals surface area contributed by atoms with E-state index in [-0.39, 0.29) is 12.2 Å². The van der Waals surface area contributed by atoms with E-state index in [1.165, 1.54) is 19.2 Å². The largest absolute Gasteiger partial charge is 0.497 e. The monoisotopic (exact) mass is 294 g/mol. The zero-order valence-corrected chi connectivity index (χ0v) is 11.5. The highest BCUT2D eigenvalue weighted by Crippen LogP contribution is 2.18. The number of hydrogen-bond donors (Lipinski definition) is 0. The SMILES string of the molecule is COc1ccc(C(=O)OCc2ccc(Cl)cc2)c(F)c1. The predicted octanol–water partition coefficient (Wildman–Crippen LogP) is 3.84. The molecule has 0 N–H and O–H groups in total. The molecule has 0 fully saturated rings. The van der Waals surface area contributed by atoms with Crippen LogP contribution in [0.4, 0.5) is 4.39 Å². The van der Waals surface area contributed by atoms with Crippen LogP contribution < -0.4 is 4.74 Å². The van der Waals surface area contributed by atoms with Crippen LogP contribution in [0, 0.1) is 5.82 Å². The first kappa shape index (κ1) is 14.3. The fraction of sp³-hybridized carbons (Fsp3) is 0.133. The molecule has 2 aromatic carbocycles. The van der Waals surface area contributed by atoms with E-state index in [0.717, 1.165) is 11.6 Å². The zero-order valence-electron chi connectivity index (χ0n) is 10.7. The van der Waals surface area contributed by atoms with Crippen molar-refractivity contribution in [2.45, 2.75) is 6.61 Å². The van der Waals surface area contributed by atoms with Crippen LogP contribution in [0.1, 0.15) is 15.9 Å². The summed E-state index contributed by atoms with van der Waals surface area (Å²) in [5.74, 6) is -1.05. The van der Waals surface area contributed by atoms with Gasteiger partial charge in [0.25, 0.3) is 0 Å². The van der Waals surface area contributed by atoms with E-state index >= 15 is 0 Å². The highest BCUT2D eigenvalue weighted by Gasteiger charge is 2.14. The Morgan fingerprint density at radius 2 is 1.90 bits per heavy atom. The van der Waals surface area contributed by atoms with E-state index in [1.807, 2.05) is 0 Å². The van der Waals surface area contributed by atoms with Gasteiger partial charge in [0, 0.05) is 11.1 Å². The molecule has 104 valence electrons. The average Bonchev–Trinajstić information content (AvgIpc) is 2.46. The Balaban J connectivity index is 2.03. The fourth-order valence-electron chi connectivity index (χ4n) is 1.60. The predicted molar refractivity (Wildman–Crippen MR) is 73.5 cm³/mol. The van der Waals surface area contributed by atoms with Gasteiger partial charge in [-0.1, -0.05) is 23.7 Å². The van der Waals surface area contributed by atoms with Crippen molar-refractivity contribution in [1.29, 1.82) is 0 Å². The van der Waals surface area contributed by atoms with Crippen molar-refractivity contribution in [2.24, 2.45) is 0 Å². The highest BCUT2D eigenvalue weighted by atomic mass is 35.5. The zero-order chi connectivity index (χ0) is 14.5. The Labute approximate surface area is 120 Å². The second-order valence-corrected chi connectivity index (χ2v) is 4.48. The lowest BCUT2D eigenvalue weighted by molar-refractivity contribution is 0.0467. The summed E-state index contributed by atoms with van der Waals surface area (Å²) < 4.78 is 23.6. The molecule has 0 spiro atoms. The molecule has 0 atom stereocenters. The third kappa shape index (κ3) is 3.48. The van der Waals surface area contributed by atoms with Gasteiger partial charge >= 0.3 is 5.97 Å². The summed E-state index contributed by atoms with van der Waals surface area (Å²) in [5.41, 5.74) is 0.649. The van der Waals surface area contributed by atoms with Gasteiger partial charge in [-0.15, -0.1) is 0 Å². The molecule has 0 saturated carbocycles. The molecule has 5 heteroatoms. The van der Waals surface area contributed by atoms with Gasteiger partial charge in [-0.2, -0.15) is 0 Å². The number of rotatable bonds is 4. The Morgan fingerprint density at radius 3 is 2.50 bits per heavy atom. The molecule has 0 amide bonds. The second-order valence-electron chi connectivity index (χ2n) is 4.05. The van der Waals surface area contributed by atoms with E-state index in [4.69, 9.17) is 21.1 Å². The minimum absolute atomic E-state index is 0.0570. The van der Waals surface area contributed by atoms with Crippen molar-refractivity contribution in [3.05, 3.63) is 64.4 Å². The van der Waals surface area contributed by atoms with E-state index < -0.39 is 11.8 Å². The van der Waals surface area contributed by atoms with Gasteiger partial charge in [-0.3, -0.25) is 0 Å². The standard InChI is InChI=1S/C15H12ClFO3/c1-19-12-6-7-13(14(17)8-12)15(18)20-9-10-2-4-11(16)5-3-10/h2-8H,9H2,1H3. The molecule has 2 aromatic rings. The summed E-state index contributed by atoms with van der Waals surface area (Å²) in [7, 11) is 1.42. The molecule has 0 aliphatic carbocycles. The second kappa shape index (κ2) is 6.39. The molecular formula is C15H12ClFO3. The van der Waals surface area contributed by atoms with Crippen LogP contribution in [0.3, 0.4) is 0 Å². The molecule has 0 saturated heterocycles. The number of hydrogen-bond acceptors (Lipinski definition) is 3. The smallest absolute Gasteiger partial charge is 0.341 e. The maximum Gasteiger partial charge on any atom is 0.341 e. The molecule has 20 heavy (non-hydrogen) atoms. The Kier molecular flexibility index (Phi) is 4.58. The lowest BCUT2D eigenvalue weighted by Crippen LogP contribution is -2.07. The van der Waals surface area contributed by atoms with Crippen LogP contribution >= 0.6 is 11.6 Å². The van der Waals surface area contributed by atoms with Crippen molar-refractivity contribution in [3.63, 3.8) is 0 Å². The molecule has 0 aromatic heterocycles. The van der Waals surface area contributed by atoms with Gasteiger partial charge < -0.3 is 9.47 Å². The number of ether oxygens (including phenoxy) is 2. The number of halogens is 2. The lowest BCUT2D eigenvalue weighted by atomic mass is 10.2. The molecule has 0 unspecified atom stereocenters. The summed E-state index contributed by atoms with van der Waals surface area (Å²) in [6.45, 7) is 0.0570. The van der Waals surface area contributed by atoms with Crippen LogP contribution in [0.2, 0.25) is 5.02 Å². The lowest BCUT2D eigenvalue weighted by Gasteiger charge is -2.07. The van der Waals surface area contributed by atoms with E-state index in [1.54, 1.807) is 24.3 Å². The van der Waals surface area contributed by atoms with Gasteiger partial charge in [-0.05, 0) is 29.8 Å². The van der Waals surface area contributed by atoms with Crippen LogP contribution in [0.15, 0.2) is 42.5 Å². The molecule has 0 bridgehead atoms. The van der Waals surface area contributed by atoms with E-state index in [2.05, 4.69) is 0 Å². The number of benzene rings is 2. The first-order valence-corrected chi connectivity index (χ1v) is 6.23. The molecular weight excluding hydrogens is 283 g/mol. The van der Waals surface area contributed by atoms with Crippen LogP contribution in [0.25, 0.3) is 0 Å². The normalized spacial score (nSPS) is 10.2. The first-order chi connectivity index (χ1) is 9.60. The number of methoxy groups -OCH3 is 1. The number of carbonyl (C=O) groups excluding carboxylic acids is 1. The molecule has 0 aliphatic heterocycles. The fourth-order valence-corrected chi connectivity index (χ4v) is 1.72. The van der Waals surface area contributed by atoms with E-state index in [9.17, 15) is 9.18 Å². The topological polar surface area (TPSA) is 35.5 Å². The van der Waals surface area contributed by atoms with Gasteiger partial charge in [-0.25, -0.2) is 9.18 Å². The van der Waals surface area contributed by atoms with Gasteiger partial charge in [0.2, 0.25) is 0 Å². The van der Waals surface area contributed by atoms with Crippen LogP contribution in [0.5, 0.6) is 5.75 Å². The third-order valence-corrected chi connectivity index (χ3v) is 2.93. The Bertz CT molecular complexity index is 611. The first-order valence-electron chi connectivity index (χ1n) is 5.85. The summed E-state index contributed by atoms with van der Waals surface area (Å²) in [6.07, 6.45) is 0. The summed E-state index contributed by atoms with van der Waals surface area (Å²) in [5, 5.41) is 0.598. The van der Waals surface area contributed by atoms with Gasteiger partial charge in [0.15, 0.2) is 0 Å². The Hall–Kier alpha value is -2.07. The Morgan fingerprint density at radius 1 is 1.20 bits per heavy atom. The van der Waals surface area contributed by atoms with Crippen LogP contribution in [-0.2, 0) is 11.3 Å². The van der Waals surface area contributed by atoms with Crippen molar-refractivity contribution < 1.29 is 18.7 Å². The summed E-state index contributed by atoms with van der Waals surface area (Å²) >= 11 is 5.75. The molecule has 0 radical (unpaired) electrons. The minimum atomic E-state index is -0.722. The van der Waals surface area contributed by atoms with Crippen molar-refractivity contribution in [2.75, 3.05) is 7.11 Å². The maximum atomic E-state index is 13.7. The molecule has 0 aliphatic rings. The summed E-state index contributed by atoms with van der Waals surface area (Å²) in [6, 6.07) is 10.8. The maximum absolute atomic E-state index is 13.7. The van der Waals surface area contributed by atoms with Crippen molar-refractivity contribution in [3.8, 4) is 5.75 Å². The minimum Gasteiger partial charge on any atom is -0.497 e. The third-order valence-electron chi connectivity index (χ3n) is 2.68. The van der Waals surface area contributed by atoms with E-state index in [0.29, 0.717) is 10.8 Å².